The summed E-state index contributed by atoms with van der Waals surface area (Å²) < 4.78 is 16.3. The Labute approximate surface area is 208 Å². The fourth-order valence-corrected chi connectivity index (χ4v) is 4.19. The summed E-state index contributed by atoms with van der Waals surface area (Å²) >= 11 is 0. The van der Waals surface area contributed by atoms with E-state index < -0.39 is 17.7 Å². The molecule has 1 aliphatic heterocycles. The summed E-state index contributed by atoms with van der Waals surface area (Å²) in [7, 11) is 2.99. The van der Waals surface area contributed by atoms with E-state index >= 15 is 0 Å². The predicted molar refractivity (Wildman–Crippen MR) is 133 cm³/mol. The summed E-state index contributed by atoms with van der Waals surface area (Å²) in [6.07, 6.45) is 0. The lowest BCUT2D eigenvalue weighted by Crippen LogP contribution is -2.29. The standard InChI is InChI=1S/C28H24N2O6/c1-4-36-21-7-5-6-19(14-21)26(31)24-25(18-10-13-22(34-2)23(15-18)35-3)30(28(33)27(24)32)20-11-8-17(16-29)9-12-20/h5-15,25,31H,4H2,1-3H3/b26-24-. The van der Waals surface area contributed by atoms with E-state index in [9.17, 15) is 14.7 Å². The maximum absolute atomic E-state index is 13.4. The molecule has 8 nitrogen and oxygen atoms in total. The smallest absolute Gasteiger partial charge is 0.300 e. The number of carbonyl (C=O) groups is 2. The number of methoxy groups -OCH3 is 2. The molecule has 3 aromatic carbocycles. The van der Waals surface area contributed by atoms with Crippen molar-refractivity contribution in [3.05, 3.63) is 89.0 Å². The van der Waals surface area contributed by atoms with Gasteiger partial charge in [-0.2, -0.15) is 5.26 Å². The van der Waals surface area contributed by atoms with Crippen molar-refractivity contribution in [1.29, 1.82) is 5.26 Å². The number of nitrogens with zero attached hydrogens (tertiary/aromatic N) is 2. The number of Topliss-reactive ketones (excluding diaryl/α,β-unsaturated/α-hetero) is 1. The second-order valence-electron chi connectivity index (χ2n) is 7.90. The van der Waals surface area contributed by atoms with E-state index in [1.54, 1.807) is 66.7 Å². The van der Waals surface area contributed by atoms with Gasteiger partial charge in [-0.15, -0.1) is 0 Å². The summed E-state index contributed by atoms with van der Waals surface area (Å²) in [5.41, 5.74) is 1.59. The Kier molecular flexibility index (Phi) is 6.93. The average molecular weight is 485 g/mol. The number of hydrogen-bond acceptors (Lipinski definition) is 7. The number of hydrogen-bond donors (Lipinski definition) is 1. The Morgan fingerprint density at radius 1 is 1.00 bits per heavy atom. The van der Waals surface area contributed by atoms with Crippen LogP contribution in [-0.2, 0) is 9.59 Å². The molecule has 0 spiro atoms. The van der Waals surface area contributed by atoms with Crippen LogP contribution in [0, 0.1) is 11.3 Å². The van der Waals surface area contributed by atoms with Crippen LogP contribution in [0.25, 0.3) is 5.76 Å². The lowest BCUT2D eigenvalue weighted by molar-refractivity contribution is -0.132. The largest absolute Gasteiger partial charge is 0.507 e. The van der Waals surface area contributed by atoms with Crippen LogP contribution in [0.15, 0.2) is 72.3 Å². The van der Waals surface area contributed by atoms with Crippen molar-refractivity contribution < 1.29 is 28.9 Å². The number of nitriles is 1. The lowest BCUT2D eigenvalue weighted by atomic mass is 9.94. The molecule has 0 saturated carbocycles. The molecule has 182 valence electrons. The molecule has 1 unspecified atom stereocenters. The van der Waals surface area contributed by atoms with E-state index in [2.05, 4.69) is 0 Å². The Balaban J connectivity index is 1.94. The molecule has 1 saturated heterocycles. The number of ketones is 1. The third kappa shape index (κ3) is 4.34. The minimum Gasteiger partial charge on any atom is -0.507 e. The van der Waals surface area contributed by atoms with Gasteiger partial charge in [0.2, 0.25) is 0 Å². The molecule has 36 heavy (non-hydrogen) atoms. The van der Waals surface area contributed by atoms with Crippen LogP contribution in [0.1, 0.15) is 29.7 Å². The van der Waals surface area contributed by atoms with Crippen LogP contribution in [0.2, 0.25) is 0 Å². The minimum absolute atomic E-state index is 0.0785. The van der Waals surface area contributed by atoms with Gasteiger partial charge in [0.15, 0.2) is 11.5 Å². The fraction of sp³-hybridized carbons (Fsp3) is 0.179. The Morgan fingerprint density at radius 3 is 2.36 bits per heavy atom. The third-order valence-corrected chi connectivity index (χ3v) is 5.86. The van der Waals surface area contributed by atoms with Gasteiger partial charge in [0.05, 0.1) is 44.1 Å². The van der Waals surface area contributed by atoms with Gasteiger partial charge >= 0.3 is 0 Å². The van der Waals surface area contributed by atoms with Crippen LogP contribution < -0.4 is 19.1 Å². The molecule has 0 aliphatic carbocycles. The zero-order valence-electron chi connectivity index (χ0n) is 20.0. The number of benzene rings is 3. The van der Waals surface area contributed by atoms with Crippen molar-refractivity contribution in [1.82, 2.24) is 0 Å². The Morgan fingerprint density at radius 2 is 1.72 bits per heavy atom. The summed E-state index contributed by atoms with van der Waals surface area (Å²) in [4.78, 5) is 28.0. The van der Waals surface area contributed by atoms with Crippen molar-refractivity contribution in [3.63, 3.8) is 0 Å². The monoisotopic (exact) mass is 484 g/mol. The molecule has 3 aromatic rings. The van der Waals surface area contributed by atoms with Crippen molar-refractivity contribution in [2.45, 2.75) is 13.0 Å². The highest BCUT2D eigenvalue weighted by atomic mass is 16.5. The second kappa shape index (κ2) is 10.2. The Hall–Kier alpha value is -4.77. The van der Waals surface area contributed by atoms with Crippen LogP contribution in [0.4, 0.5) is 5.69 Å². The molecule has 1 aliphatic rings. The summed E-state index contributed by atoms with van der Waals surface area (Å²) in [6.45, 7) is 2.27. The molecule has 1 amide bonds. The van der Waals surface area contributed by atoms with Crippen molar-refractivity contribution >= 4 is 23.1 Å². The minimum atomic E-state index is -0.964. The summed E-state index contributed by atoms with van der Waals surface area (Å²) in [6, 6.07) is 19.1. The van der Waals surface area contributed by atoms with Gasteiger partial charge < -0.3 is 19.3 Å². The van der Waals surface area contributed by atoms with E-state index in [0.29, 0.717) is 46.2 Å². The quantitative estimate of drug-likeness (QED) is 0.297. The maximum Gasteiger partial charge on any atom is 0.300 e. The summed E-state index contributed by atoms with van der Waals surface area (Å²) in [5, 5.41) is 20.5. The van der Waals surface area contributed by atoms with Crippen molar-refractivity contribution in [2.24, 2.45) is 0 Å². The highest BCUT2D eigenvalue weighted by molar-refractivity contribution is 6.51. The first-order chi connectivity index (χ1) is 17.4. The average Bonchev–Trinajstić information content (AvgIpc) is 3.18. The highest BCUT2D eigenvalue weighted by Crippen LogP contribution is 2.44. The Bertz CT molecular complexity index is 1390. The molecule has 1 fully saturated rings. The molecule has 4 rings (SSSR count). The number of carbonyl (C=O) groups excluding carboxylic acids is 2. The number of aliphatic hydroxyl groups excluding tert-OH is 1. The van der Waals surface area contributed by atoms with Gasteiger partial charge in [-0.05, 0) is 61.0 Å². The van der Waals surface area contributed by atoms with E-state index in [1.165, 1.54) is 19.1 Å². The highest BCUT2D eigenvalue weighted by Gasteiger charge is 2.47. The van der Waals surface area contributed by atoms with Gasteiger partial charge in [-0.1, -0.05) is 18.2 Å². The van der Waals surface area contributed by atoms with Crippen molar-refractivity contribution in [2.75, 3.05) is 25.7 Å². The molecule has 1 atom stereocenters. The van der Waals surface area contributed by atoms with E-state index in [4.69, 9.17) is 19.5 Å². The second-order valence-corrected chi connectivity index (χ2v) is 7.90. The maximum atomic E-state index is 13.4. The van der Waals surface area contributed by atoms with Gasteiger partial charge in [0.1, 0.15) is 11.5 Å². The number of anilines is 1. The van der Waals surface area contributed by atoms with Crippen LogP contribution >= 0.6 is 0 Å². The van der Waals surface area contributed by atoms with Crippen LogP contribution in [0.5, 0.6) is 17.2 Å². The van der Waals surface area contributed by atoms with Gasteiger partial charge in [-0.25, -0.2) is 0 Å². The number of aliphatic hydroxyl groups is 1. The van der Waals surface area contributed by atoms with Crippen LogP contribution in [0.3, 0.4) is 0 Å². The van der Waals surface area contributed by atoms with Crippen molar-refractivity contribution in [3.8, 4) is 23.3 Å². The predicted octanol–water partition coefficient (Wildman–Crippen LogP) is 4.60. The van der Waals surface area contributed by atoms with Gasteiger partial charge in [-0.3, -0.25) is 14.5 Å². The first-order valence-corrected chi connectivity index (χ1v) is 11.2. The van der Waals surface area contributed by atoms with E-state index in [0.717, 1.165) is 0 Å². The number of rotatable bonds is 7. The van der Waals surface area contributed by atoms with Crippen LogP contribution in [-0.4, -0.2) is 37.6 Å². The fourth-order valence-electron chi connectivity index (χ4n) is 4.19. The molecule has 0 radical (unpaired) electrons. The molecule has 0 bridgehead atoms. The number of ether oxygens (including phenoxy) is 3. The molecule has 8 heteroatoms. The normalized spacial score (nSPS) is 16.5. The SMILES string of the molecule is CCOc1cccc(/C(O)=C2/C(=O)C(=O)N(c3ccc(C#N)cc3)C2c2ccc(OC)c(OC)c2)c1. The first kappa shape index (κ1) is 24.4. The number of amides is 1. The first-order valence-electron chi connectivity index (χ1n) is 11.2. The molecule has 0 aromatic heterocycles. The summed E-state index contributed by atoms with van der Waals surface area (Å²) in [5.74, 6) is -0.573. The lowest BCUT2D eigenvalue weighted by Gasteiger charge is -2.26. The topological polar surface area (TPSA) is 109 Å². The third-order valence-electron chi connectivity index (χ3n) is 5.86. The van der Waals surface area contributed by atoms with Gasteiger partial charge in [0, 0.05) is 11.3 Å². The molecule has 1 heterocycles. The molecular weight excluding hydrogens is 460 g/mol. The zero-order chi connectivity index (χ0) is 25.8. The van der Waals surface area contributed by atoms with E-state index in [1.807, 2.05) is 13.0 Å². The van der Waals surface area contributed by atoms with E-state index in [-0.39, 0.29) is 11.3 Å². The zero-order valence-corrected chi connectivity index (χ0v) is 20.0. The molecule has 1 N–H and O–H groups in total. The molecular formula is C28H24N2O6. The van der Waals surface area contributed by atoms with Gasteiger partial charge in [0.25, 0.3) is 11.7 Å².